The Morgan fingerprint density at radius 1 is 1.15 bits per heavy atom. The van der Waals surface area contributed by atoms with Crippen molar-refractivity contribution in [1.82, 2.24) is 4.98 Å². The third-order valence-electron chi connectivity index (χ3n) is 2.91. The zero-order chi connectivity index (χ0) is 14.4. The van der Waals surface area contributed by atoms with Crippen LogP contribution in [0.3, 0.4) is 0 Å². The minimum absolute atomic E-state index is 0.480. The zero-order valence-corrected chi connectivity index (χ0v) is 11.7. The van der Waals surface area contributed by atoms with E-state index in [-0.39, 0.29) is 0 Å². The smallest absolute Gasteiger partial charge is 0.213 e. The van der Waals surface area contributed by atoms with Crippen LogP contribution in [-0.4, -0.2) is 23.8 Å². The van der Waals surface area contributed by atoms with Crippen LogP contribution in [0.1, 0.15) is 30.7 Å². The van der Waals surface area contributed by atoms with E-state index in [1.54, 1.807) is 25.3 Å². The number of para-hydroxylation sites is 1. The number of hydrogen-bond donors (Lipinski definition) is 1. The van der Waals surface area contributed by atoms with Gasteiger partial charge in [-0.1, -0.05) is 31.2 Å². The number of benzene rings is 1. The number of pyridine rings is 1. The van der Waals surface area contributed by atoms with Gasteiger partial charge in [0.25, 0.3) is 0 Å². The molecule has 4 nitrogen and oxygen atoms in total. The van der Waals surface area contributed by atoms with Crippen molar-refractivity contribution in [2.45, 2.75) is 19.4 Å². The van der Waals surface area contributed by atoms with E-state index >= 15 is 0 Å². The molecule has 1 N–H and O–H groups in total. The van der Waals surface area contributed by atoms with Crippen LogP contribution in [0, 0.1) is 0 Å². The quantitative estimate of drug-likeness (QED) is 0.879. The molecule has 0 amide bonds. The Bertz CT molecular complexity index is 557. The first-order valence-corrected chi connectivity index (χ1v) is 6.67. The van der Waals surface area contributed by atoms with Gasteiger partial charge in [0.1, 0.15) is 11.9 Å². The van der Waals surface area contributed by atoms with Gasteiger partial charge in [0, 0.05) is 11.6 Å². The topological polar surface area (TPSA) is 51.6 Å². The number of aliphatic hydroxyl groups is 1. The van der Waals surface area contributed by atoms with Crippen molar-refractivity contribution in [2.24, 2.45) is 0 Å². The summed E-state index contributed by atoms with van der Waals surface area (Å²) in [6, 6.07) is 12.8. The summed E-state index contributed by atoms with van der Waals surface area (Å²) in [7, 11) is 1.55. The van der Waals surface area contributed by atoms with E-state index in [4.69, 9.17) is 9.47 Å². The average Bonchev–Trinajstić information content (AvgIpc) is 2.52. The number of aromatic nitrogens is 1. The fourth-order valence-corrected chi connectivity index (χ4v) is 1.91. The highest BCUT2D eigenvalue weighted by atomic mass is 16.5. The molecule has 0 saturated heterocycles. The summed E-state index contributed by atoms with van der Waals surface area (Å²) in [6.07, 6.45) is 0.0835. The SMILES string of the molecule is CCCOc1ccccc1C(O)c1cccc(OC)n1. The van der Waals surface area contributed by atoms with Gasteiger partial charge in [-0.2, -0.15) is 0 Å². The molecule has 4 heteroatoms. The Balaban J connectivity index is 2.29. The van der Waals surface area contributed by atoms with E-state index in [9.17, 15) is 5.11 Å². The lowest BCUT2D eigenvalue weighted by molar-refractivity contribution is 0.204. The Morgan fingerprint density at radius 2 is 1.95 bits per heavy atom. The van der Waals surface area contributed by atoms with E-state index in [2.05, 4.69) is 4.98 Å². The highest BCUT2D eigenvalue weighted by Crippen LogP contribution is 2.29. The van der Waals surface area contributed by atoms with Gasteiger partial charge < -0.3 is 14.6 Å². The molecule has 1 heterocycles. The highest BCUT2D eigenvalue weighted by Gasteiger charge is 2.17. The minimum Gasteiger partial charge on any atom is -0.493 e. The van der Waals surface area contributed by atoms with Crippen LogP contribution in [0.25, 0.3) is 0 Å². The molecule has 0 radical (unpaired) electrons. The molecule has 0 aliphatic rings. The highest BCUT2D eigenvalue weighted by molar-refractivity contribution is 5.39. The molecule has 0 aliphatic heterocycles. The predicted octanol–water partition coefficient (Wildman–Crippen LogP) is 2.96. The third-order valence-corrected chi connectivity index (χ3v) is 2.91. The molecule has 1 unspecified atom stereocenters. The standard InChI is InChI=1S/C16H19NO3/c1-3-11-20-14-9-5-4-7-12(14)16(18)13-8-6-10-15(17-13)19-2/h4-10,16,18H,3,11H2,1-2H3. The van der Waals surface area contributed by atoms with Crippen molar-refractivity contribution in [3.05, 3.63) is 53.7 Å². The average molecular weight is 273 g/mol. The Morgan fingerprint density at radius 3 is 2.70 bits per heavy atom. The van der Waals surface area contributed by atoms with Crippen LogP contribution in [0.2, 0.25) is 0 Å². The molecule has 0 spiro atoms. The van der Waals surface area contributed by atoms with Gasteiger partial charge in [-0.15, -0.1) is 0 Å². The number of aliphatic hydroxyl groups excluding tert-OH is 1. The van der Waals surface area contributed by atoms with Crippen LogP contribution in [0.5, 0.6) is 11.6 Å². The number of methoxy groups -OCH3 is 1. The van der Waals surface area contributed by atoms with Gasteiger partial charge in [-0.3, -0.25) is 0 Å². The fourth-order valence-electron chi connectivity index (χ4n) is 1.91. The van der Waals surface area contributed by atoms with Crippen molar-refractivity contribution < 1.29 is 14.6 Å². The molecule has 1 aromatic heterocycles. The molecule has 20 heavy (non-hydrogen) atoms. The first kappa shape index (κ1) is 14.3. The fraction of sp³-hybridized carbons (Fsp3) is 0.312. The second-order valence-corrected chi connectivity index (χ2v) is 4.39. The van der Waals surface area contributed by atoms with Gasteiger partial charge in [-0.25, -0.2) is 4.98 Å². The lowest BCUT2D eigenvalue weighted by Gasteiger charge is -2.16. The molecule has 2 aromatic rings. The first-order chi connectivity index (χ1) is 9.76. The van der Waals surface area contributed by atoms with Crippen LogP contribution in [-0.2, 0) is 0 Å². The summed E-state index contributed by atoms with van der Waals surface area (Å²) in [5.41, 5.74) is 1.25. The maximum Gasteiger partial charge on any atom is 0.213 e. The van der Waals surface area contributed by atoms with E-state index in [1.807, 2.05) is 31.2 Å². The number of nitrogens with zero attached hydrogens (tertiary/aromatic N) is 1. The van der Waals surface area contributed by atoms with Gasteiger partial charge in [0.05, 0.1) is 19.4 Å². The maximum absolute atomic E-state index is 10.5. The predicted molar refractivity (Wildman–Crippen MR) is 77.1 cm³/mol. The Labute approximate surface area is 119 Å². The maximum atomic E-state index is 10.5. The largest absolute Gasteiger partial charge is 0.493 e. The van der Waals surface area contributed by atoms with E-state index in [0.717, 1.165) is 6.42 Å². The van der Waals surface area contributed by atoms with Gasteiger partial charge in [-0.05, 0) is 18.6 Å². The van der Waals surface area contributed by atoms with Gasteiger partial charge in [0.15, 0.2) is 0 Å². The molecule has 0 fully saturated rings. The van der Waals surface area contributed by atoms with Crippen molar-refractivity contribution in [3.8, 4) is 11.6 Å². The molecular weight excluding hydrogens is 254 g/mol. The first-order valence-electron chi connectivity index (χ1n) is 6.67. The molecule has 1 aromatic carbocycles. The van der Waals surface area contributed by atoms with Crippen molar-refractivity contribution in [1.29, 1.82) is 0 Å². The van der Waals surface area contributed by atoms with Crippen molar-refractivity contribution >= 4 is 0 Å². The summed E-state index contributed by atoms with van der Waals surface area (Å²) >= 11 is 0. The summed E-state index contributed by atoms with van der Waals surface area (Å²) in [4.78, 5) is 4.26. The summed E-state index contributed by atoms with van der Waals surface area (Å²) in [5.74, 6) is 1.17. The summed E-state index contributed by atoms with van der Waals surface area (Å²) in [5, 5.41) is 10.5. The lowest BCUT2D eigenvalue weighted by Crippen LogP contribution is -2.06. The van der Waals surface area contributed by atoms with E-state index < -0.39 is 6.10 Å². The zero-order valence-electron chi connectivity index (χ0n) is 11.7. The number of hydrogen-bond acceptors (Lipinski definition) is 4. The second kappa shape index (κ2) is 6.91. The molecule has 0 aliphatic carbocycles. The van der Waals surface area contributed by atoms with Crippen LogP contribution in [0.4, 0.5) is 0 Å². The van der Waals surface area contributed by atoms with E-state index in [0.29, 0.717) is 29.5 Å². The van der Waals surface area contributed by atoms with E-state index in [1.165, 1.54) is 0 Å². The second-order valence-electron chi connectivity index (χ2n) is 4.39. The van der Waals surface area contributed by atoms with Gasteiger partial charge >= 0.3 is 0 Å². The summed E-state index contributed by atoms with van der Waals surface area (Å²) in [6.45, 7) is 2.66. The van der Waals surface area contributed by atoms with Gasteiger partial charge in [0.2, 0.25) is 5.88 Å². The van der Waals surface area contributed by atoms with Crippen LogP contribution >= 0.6 is 0 Å². The molecule has 0 saturated carbocycles. The molecule has 1 atom stereocenters. The normalized spacial score (nSPS) is 11.9. The minimum atomic E-state index is -0.835. The van der Waals surface area contributed by atoms with Crippen molar-refractivity contribution in [2.75, 3.05) is 13.7 Å². The Kier molecular flexibility index (Phi) is 4.96. The van der Waals surface area contributed by atoms with Crippen molar-refractivity contribution in [3.63, 3.8) is 0 Å². The Hall–Kier alpha value is -2.07. The molecule has 0 bridgehead atoms. The summed E-state index contributed by atoms with van der Waals surface area (Å²) < 4.78 is 10.7. The van der Waals surface area contributed by atoms with Crippen LogP contribution in [0.15, 0.2) is 42.5 Å². The number of ether oxygens (including phenoxy) is 2. The molecule has 106 valence electrons. The monoisotopic (exact) mass is 273 g/mol. The van der Waals surface area contributed by atoms with Crippen LogP contribution < -0.4 is 9.47 Å². The molecule has 2 rings (SSSR count). The molecular formula is C16H19NO3. The third kappa shape index (κ3) is 3.27. The lowest BCUT2D eigenvalue weighted by atomic mass is 10.0. The number of rotatable bonds is 6.